The van der Waals surface area contributed by atoms with Crippen LogP contribution in [0.25, 0.3) is 0 Å². The predicted molar refractivity (Wildman–Crippen MR) is 129 cm³/mol. The van der Waals surface area contributed by atoms with Crippen LogP contribution in [0.15, 0.2) is 0 Å². The summed E-state index contributed by atoms with van der Waals surface area (Å²) in [5.74, 6) is 0. The van der Waals surface area contributed by atoms with E-state index in [1.54, 1.807) is 0 Å². The van der Waals surface area contributed by atoms with Gasteiger partial charge in [-0.2, -0.15) is 11.1 Å². The molecule has 0 saturated carbocycles. The van der Waals surface area contributed by atoms with Crippen molar-refractivity contribution in [2.75, 3.05) is 39.6 Å². The summed E-state index contributed by atoms with van der Waals surface area (Å²) in [6.45, 7) is 22.1. The van der Waals surface area contributed by atoms with Gasteiger partial charge in [-0.1, -0.05) is 45.3 Å². The van der Waals surface area contributed by atoms with E-state index in [4.69, 9.17) is 34.8 Å². The van der Waals surface area contributed by atoms with Crippen molar-refractivity contribution in [3.63, 3.8) is 0 Å². The van der Waals surface area contributed by atoms with Crippen molar-refractivity contribution in [1.29, 1.82) is 0 Å². The van der Waals surface area contributed by atoms with Crippen molar-refractivity contribution in [1.82, 2.24) is 0 Å². The molecule has 3 aliphatic rings. The summed E-state index contributed by atoms with van der Waals surface area (Å²) in [4.78, 5) is 0. The number of hydrogen-bond donors (Lipinski definition) is 0. The summed E-state index contributed by atoms with van der Waals surface area (Å²) in [7, 11) is -2.02. The first kappa shape index (κ1) is 36.3. The third-order valence-electron chi connectivity index (χ3n) is 3.57. The molecule has 5 nitrogen and oxygen atoms in total. The standard InChI is InChI=1S/C8H18O2Si.C5H9O2.C4H8O.C3H9ClSi.BrH.Mg/c1-11(2,3)7-4-8-9-5-6-10-8;1-2-5-6-3-4-7-5;1-2-4-5-3-1;1-5(2,3)4;;/h8H,4-7H2,1-3H3;5H,1-4H2;1-4H2;1-3H3;1H;/q;-1;;;;+2/p-1. The van der Waals surface area contributed by atoms with E-state index in [9.17, 15) is 0 Å². The Morgan fingerprint density at radius 1 is 0.767 bits per heavy atom. The molecule has 178 valence electrons. The molecular formula is C20H44BrClMgO5Si2. The second kappa shape index (κ2) is 21.3. The van der Waals surface area contributed by atoms with Gasteiger partial charge in [0, 0.05) is 21.3 Å². The van der Waals surface area contributed by atoms with E-state index >= 15 is 0 Å². The van der Waals surface area contributed by atoms with E-state index in [-0.39, 0.29) is 52.6 Å². The second-order valence-electron chi connectivity index (χ2n) is 9.12. The van der Waals surface area contributed by atoms with Crippen LogP contribution in [0.2, 0.25) is 45.3 Å². The van der Waals surface area contributed by atoms with Crippen molar-refractivity contribution in [3.8, 4) is 0 Å². The van der Waals surface area contributed by atoms with Crippen molar-refractivity contribution in [2.45, 2.75) is 83.6 Å². The van der Waals surface area contributed by atoms with Gasteiger partial charge in [0.1, 0.15) is 13.7 Å². The molecule has 30 heavy (non-hydrogen) atoms. The summed E-state index contributed by atoms with van der Waals surface area (Å²) in [5.41, 5.74) is 0. The topological polar surface area (TPSA) is 46.2 Å². The average Bonchev–Trinajstić information content (AvgIpc) is 3.37. The molecule has 0 unspecified atom stereocenters. The fourth-order valence-corrected chi connectivity index (χ4v) is 3.31. The Kier molecular flexibility index (Phi) is 25.8. The third-order valence-corrected chi connectivity index (χ3v) is 5.36. The van der Waals surface area contributed by atoms with Crippen LogP contribution in [0.5, 0.6) is 0 Å². The molecule has 0 aromatic carbocycles. The molecule has 0 N–H and O–H groups in total. The van der Waals surface area contributed by atoms with Gasteiger partial charge in [0.15, 0.2) is 6.29 Å². The van der Waals surface area contributed by atoms with Gasteiger partial charge in [-0.25, -0.2) is 0 Å². The molecule has 0 aromatic rings. The van der Waals surface area contributed by atoms with Crippen LogP contribution in [0, 0.1) is 6.92 Å². The minimum Gasteiger partial charge on any atom is -1.00 e. The van der Waals surface area contributed by atoms with Crippen LogP contribution in [-0.4, -0.2) is 90.7 Å². The number of rotatable bonds is 4. The van der Waals surface area contributed by atoms with Crippen LogP contribution in [0.1, 0.15) is 25.7 Å². The molecule has 3 rings (SSSR count). The first-order valence-electron chi connectivity index (χ1n) is 10.5. The molecule has 0 radical (unpaired) electrons. The van der Waals surface area contributed by atoms with E-state index in [1.807, 2.05) is 0 Å². The van der Waals surface area contributed by atoms with Crippen molar-refractivity contribution >= 4 is 49.6 Å². The molecule has 3 saturated heterocycles. The molecule has 0 aromatic heterocycles. The van der Waals surface area contributed by atoms with Crippen LogP contribution in [0.3, 0.4) is 0 Å². The van der Waals surface area contributed by atoms with Gasteiger partial charge in [-0.3, -0.25) is 0 Å². The predicted octanol–water partition coefficient (Wildman–Crippen LogP) is 2.15. The maximum absolute atomic E-state index is 5.67. The van der Waals surface area contributed by atoms with Crippen molar-refractivity contribution in [3.05, 3.63) is 6.92 Å². The molecule has 0 spiro atoms. The van der Waals surface area contributed by atoms with Gasteiger partial charge in [0.05, 0.1) is 26.4 Å². The van der Waals surface area contributed by atoms with Crippen LogP contribution in [0.4, 0.5) is 0 Å². The van der Waals surface area contributed by atoms with E-state index in [2.05, 4.69) is 46.2 Å². The van der Waals surface area contributed by atoms with Gasteiger partial charge < -0.3 is 47.6 Å². The van der Waals surface area contributed by atoms with Gasteiger partial charge in [0.2, 0.25) is 0 Å². The van der Waals surface area contributed by atoms with Gasteiger partial charge in [-0.15, -0.1) is 6.42 Å². The fraction of sp³-hybridized carbons (Fsp3) is 0.950. The normalized spacial score (nSPS) is 19.2. The first-order chi connectivity index (χ1) is 13.0. The Hall–Kier alpha value is 1.77. The molecule has 3 fully saturated rings. The summed E-state index contributed by atoms with van der Waals surface area (Å²) in [5, 5.41) is 0. The largest absolute Gasteiger partial charge is 2.00 e. The van der Waals surface area contributed by atoms with Gasteiger partial charge in [0.25, 0.3) is 0 Å². The third kappa shape index (κ3) is 29.8. The average molecular weight is 560 g/mol. The van der Waals surface area contributed by atoms with E-state index in [1.165, 1.54) is 18.9 Å². The Morgan fingerprint density at radius 2 is 1.13 bits per heavy atom. The summed E-state index contributed by atoms with van der Waals surface area (Å²) < 4.78 is 25.7. The summed E-state index contributed by atoms with van der Waals surface area (Å²) in [6, 6.07) is 1.30. The van der Waals surface area contributed by atoms with Crippen molar-refractivity contribution in [2.24, 2.45) is 0 Å². The Labute approximate surface area is 219 Å². The monoisotopic (exact) mass is 558 g/mol. The van der Waals surface area contributed by atoms with E-state index < -0.39 is 15.5 Å². The SMILES string of the molecule is C1CCOC1.C[Si](C)(C)CCC1OCCO1.C[Si](C)(C)Cl.[Br-].[CH2-]CC1OCCO1.[Mg+2]. The Morgan fingerprint density at radius 3 is 1.37 bits per heavy atom. The molecule has 0 aliphatic carbocycles. The number of ether oxygens (including phenoxy) is 5. The second-order valence-corrected chi connectivity index (χ2v) is 22.3. The molecule has 3 heterocycles. The molecule has 10 heteroatoms. The van der Waals surface area contributed by atoms with Crippen LogP contribution in [-0.2, 0) is 23.7 Å². The fourth-order valence-electron chi connectivity index (χ4n) is 2.21. The molecular weight excluding hydrogens is 516 g/mol. The van der Waals surface area contributed by atoms with E-state index in [0.717, 1.165) is 52.5 Å². The zero-order valence-electron chi connectivity index (χ0n) is 20.1. The maximum atomic E-state index is 5.67. The summed E-state index contributed by atoms with van der Waals surface area (Å²) >= 11 is 5.67. The number of hydrogen-bond acceptors (Lipinski definition) is 5. The van der Waals surface area contributed by atoms with Crippen LogP contribution >= 0.6 is 11.1 Å². The first-order valence-corrected chi connectivity index (χ1v) is 18.8. The smallest absolute Gasteiger partial charge is 1.00 e. The number of halogens is 2. The maximum Gasteiger partial charge on any atom is 2.00 e. The minimum absolute atomic E-state index is 0. The zero-order chi connectivity index (χ0) is 21.5. The van der Waals surface area contributed by atoms with Gasteiger partial charge in [-0.05, 0) is 19.3 Å². The summed E-state index contributed by atoms with van der Waals surface area (Å²) in [6.07, 6.45) is 4.47. The van der Waals surface area contributed by atoms with Crippen molar-refractivity contribution < 1.29 is 40.7 Å². The van der Waals surface area contributed by atoms with Crippen LogP contribution < -0.4 is 17.0 Å². The van der Waals surface area contributed by atoms with Gasteiger partial charge >= 0.3 is 23.1 Å². The minimum atomic E-state index is -1.14. The van der Waals surface area contributed by atoms with E-state index in [0.29, 0.717) is 0 Å². The molecule has 0 amide bonds. The Bertz CT molecular complexity index is 344. The molecule has 3 aliphatic heterocycles. The zero-order valence-corrected chi connectivity index (χ0v) is 25.9. The molecule has 0 atom stereocenters. The quantitative estimate of drug-likeness (QED) is 0.300. The Balaban J connectivity index is -0.000000336. The molecule has 0 bridgehead atoms.